The van der Waals surface area contributed by atoms with Crippen molar-refractivity contribution in [2.75, 3.05) is 52.4 Å². The fourth-order valence-electron chi connectivity index (χ4n) is 7.93. The second-order valence-corrected chi connectivity index (χ2v) is 16.1. The Labute approximate surface area is 384 Å². The lowest BCUT2D eigenvalue weighted by molar-refractivity contribution is -0.491. The van der Waals surface area contributed by atoms with Crippen LogP contribution in [0.15, 0.2) is 79.8 Å². The van der Waals surface area contributed by atoms with Crippen molar-refractivity contribution in [3.05, 3.63) is 136 Å². The number of aromatic nitrogens is 4. The van der Waals surface area contributed by atoms with Crippen molar-refractivity contribution in [3.8, 4) is 0 Å². The van der Waals surface area contributed by atoms with Crippen LogP contribution in [0.2, 0.25) is 0 Å². The summed E-state index contributed by atoms with van der Waals surface area (Å²) in [7, 11) is 0. The van der Waals surface area contributed by atoms with Crippen LogP contribution in [-0.4, -0.2) is 129 Å². The Morgan fingerprint density at radius 1 is 0.515 bits per heavy atom. The summed E-state index contributed by atoms with van der Waals surface area (Å²) in [6, 6.07) is 9.83. The van der Waals surface area contributed by atoms with E-state index < -0.39 is 104 Å². The van der Waals surface area contributed by atoms with Crippen molar-refractivity contribution in [2.45, 2.75) is 57.1 Å². The number of unbranched alkanes of at least 4 members (excludes halogenated alkanes) is 1. The van der Waals surface area contributed by atoms with Crippen LogP contribution in [0, 0.1) is 0 Å². The van der Waals surface area contributed by atoms with Gasteiger partial charge >= 0.3 is 6.16 Å². The van der Waals surface area contributed by atoms with Gasteiger partial charge in [-0.2, -0.15) is 0 Å². The molecule has 0 radical (unpaired) electrons. The third kappa shape index (κ3) is 9.40. The maximum atomic E-state index is 14.8. The minimum atomic E-state index is -3.97. The van der Waals surface area contributed by atoms with Crippen molar-refractivity contribution < 1.29 is 48.1 Å². The van der Waals surface area contributed by atoms with E-state index in [1.165, 1.54) is 34.1 Å². The molecule has 4 aliphatic heterocycles. The molecule has 6 amide bonds. The summed E-state index contributed by atoms with van der Waals surface area (Å²) < 4.78 is 0.930. The average Bonchev–Trinajstić information content (AvgIpc) is 3.31. The number of nitrogens with one attached hydrogen (secondary N) is 4. The number of carbonyl (C=O) groups excluding carboxylic acids is 6. The Morgan fingerprint density at radius 3 is 1.49 bits per heavy atom. The number of pyridine rings is 4. The smallest absolute Gasteiger partial charge is 0.352 e. The first-order valence-electron chi connectivity index (χ1n) is 22.0. The molecule has 0 saturated carbocycles. The lowest BCUT2D eigenvalue weighted by Crippen LogP contribution is -2.69. The van der Waals surface area contributed by atoms with Crippen LogP contribution in [0.3, 0.4) is 0 Å². The highest BCUT2D eigenvalue weighted by Crippen LogP contribution is 2.17. The van der Waals surface area contributed by atoms with Gasteiger partial charge in [0.1, 0.15) is 33.9 Å². The fraction of sp³-hybridized carbons (Fsp3) is 0.395. The maximum absolute atomic E-state index is 14.8. The number of carbonyl (C=O) groups is 6. The predicted octanol–water partition coefficient (Wildman–Crippen LogP) is -3.32. The highest BCUT2D eigenvalue weighted by atomic mass is 17.1. The summed E-state index contributed by atoms with van der Waals surface area (Å²) >= 11 is 0. The molecule has 25 heteroatoms. The van der Waals surface area contributed by atoms with Crippen LogP contribution in [0.4, 0.5) is 0 Å². The summed E-state index contributed by atoms with van der Waals surface area (Å²) in [5, 5.41) is 10.6. The molecule has 6 N–H and O–H groups in total. The number of hydrogen-bond acceptors (Lipinski definition) is 15. The predicted molar refractivity (Wildman–Crippen MR) is 233 cm³/mol. The zero-order valence-corrected chi connectivity index (χ0v) is 36.4. The minimum Gasteiger partial charge on any atom is -0.352 e. The molecule has 2 unspecified atom stereocenters. The summed E-state index contributed by atoms with van der Waals surface area (Å²) in [5.74, 6) is -5.77. The molecule has 7 bridgehead atoms. The van der Waals surface area contributed by atoms with Crippen molar-refractivity contribution in [2.24, 2.45) is 5.73 Å². The van der Waals surface area contributed by atoms with Gasteiger partial charge in [0.05, 0.1) is 0 Å². The number of amides is 6. The molecule has 0 aromatic carbocycles. The fourth-order valence-corrected chi connectivity index (χ4v) is 7.93. The van der Waals surface area contributed by atoms with Crippen LogP contribution in [0.5, 0.6) is 0 Å². The Bertz CT molecular complexity index is 2840. The second-order valence-electron chi connectivity index (χ2n) is 16.1. The number of nitrogens with zero attached hydrogens (tertiary/aromatic N) is 6. The molecule has 8 rings (SSSR count). The molecule has 0 saturated heterocycles. The first-order valence-corrected chi connectivity index (χ1v) is 22.0. The number of fused-ring (bicyclic) bond motifs is 4. The zero-order chi connectivity index (χ0) is 48.1. The number of nitrogens with two attached hydrogens (primary N) is 1. The maximum Gasteiger partial charge on any atom is 0.686 e. The molecule has 358 valence electrons. The van der Waals surface area contributed by atoms with E-state index in [1.54, 1.807) is 0 Å². The summed E-state index contributed by atoms with van der Waals surface area (Å²) in [6.45, 7) is -0.171. The SMILES string of the molecule is NCCCCC1CNC(=O)c2ccc3c(=O)n2OC24On5c(cccc5=O)C(=O)N(CCCCN(CCCNC(=O)c5ccc(n(c5=O)O2)C(=O)N1)C(=O)c1cccc(=O)n1O4)CCCNC3=O. The average molecular weight is 942 g/mol. The van der Waals surface area contributed by atoms with E-state index in [0.29, 0.717) is 28.8 Å². The first kappa shape index (κ1) is 46.3. The molecule has 0 fully saturated rings. The van der Waals surface area contributed by atoms with Crippen LogP contribution in [-0.2, 0) is 0 Å². The van der Waals surface area contributed by atoms with Gasteiger partial charge in [-0.3, -0.25) is 67.3 Å². The quantitative estimate of drug-likeness (QED) is 0.125. The third-order valence-electron chi connectivity index (χ3n) is 11.4. The number of rotatable bonds is 4. The largest absolute Gasteiger partial charge is 0.686 e. The monoisotopic (exact) mass is 941 g/mol. The van der Waals surface area contributed by atoms with Gasteiger partial charge in [-0.1, -0.05) is 18.6 Å². The molecular formula is C43H47N11O14. The Morgan fingerprint density at radius 2 is 0.985 bits per heavy atom. The first-order chi connectivity index (χ1) is 32.8. The lowest BCUT2D eigenvalue weighted by atomic mass is 10.1. The van der Waals surface area contributed by atoms with Gasteiger partial charge in [0.2, 0.25) is 0 Å². The van der Waals surface area contributed by atoms with Crippen molar-refractivity contribution in [1.82, 2.24) is 50.0 Å². The molecule has 8 heterocycles. The van der Waals surface area contributed by atoms with Gasteiger partial charge < -0.3 is 36.8 Å². The molecule has 2 atom stereocenters. The van der Waals surface area contributed by atoms with Gasteiger partial charge in [-0.15, -0.1) is 18.9 Å². The Balaban J connectivity index is 1.52. The van der Waals surface area contributed by atoms with Gasteiger partial charge in [-0.25, -0.2) is 0 Å². The summed E-state index contributed by atoms with van der Waals surface area (Å²) in [6.07, 6.45) is -1.98. The zero-order valence-electron chi connectivity index (χ0n) is 36.4. The Hall–Kier alpha value is -8.22. The van der Waals surface area contributed by atoms with Crippen molar-refractivity contribution >= 4 is 35.4 Å². The van der Waals surface area contributed by atoms with Crippen molar-refractivity contribution in [3.63, 3.8) is 0 Å². The molecule has 68 heavy (non-hydrogen) atoms. The van der Waals surface area contributed by atoms with Gasteiger partial charge in [0.25, 0.3) is 57.7 Å². The minimum absolute atomic E-state index is 0.0305. The highest BCUT2D eigenvalue weighted by molar-refractivity contribution is 5.98. The van der Waals surface area contributed by atoms with Gasteiger partial charge in [-0.05, 0) is 81.5 Å². The molecule has 4 aliphatic rings. The topological polar surface area (TPSA) is 308 Å². The normalized spacial score (nSPS) is 20.3. The van der Waals surface area contributed by atoms with Gasteiger partial charge in [0, 0.05) is 64.0 Å². The van der Waals surface area contributed by atoms with Gasteiger partial charge in [0.15, 0.2) is 0 Å². The van der Waals surface area contributed by atoms with E-state index in [4.69, 9.17) is 25.1 Å². The highest BCUT2D eigenvalue weighted by Gasteiger charge is 2.52. The standard InChI is InChI=1S/C43H47N11O14/c44-18-2-1-9-26-25-47-37(59)29-16-14-27-35(57)45-19-7-23-49-21-3-4-22-50-24-8-20-46-36(58)28-15-17-30(38(60)48-26)54(40(28)62)68-43(67-53(29)39(27)61,65-51-31(41(49)63)10-5-12-33(51)55)66-52-32(42(50)64)11-6-13-34(52)56/h5-6,10-17,26H,1-4,7-9,18-25,44H2,(H,45,57)(H,46,58)(H,47,59)(H,48,60). The van der Waals surface area contributed by atoms with Crippen molar-refractivity contribution in [1.29, 1.82) is 0 Å². The Kier molecular flexibility index (Phi) is 13.4. The van der Waals surface area contributed by atoms with Crippen LogP contribution < -0.4 is 68.6 Å². The lowest BCUT2D eigenvalue weighted by Gasteiger charge is -2.33. The second kappa shape index (κ2) is 19.7. The molecule has 0 aliphatic carbocycles. The molecule has 4 aromatic heterocycles. The number of hydrogen-bond donors (Lipinski definition) is 5. The molecule has 25 nitrogen and oxygen atoms in total. The van der Waals surface area contributed by atoms with E-state index in [0.717, 1.165) is 36.4 Å². The van der Waals surface area contributed by atoms with Crippen LogP contribution >= 0.6 is 0 Å². The molecular weight excluding hydrogens is 895 g/mol. The van der Waals surface area contributed by atoms with Crippen LogP contribution in [0.1, 0.15) is 108 Å². The molecule has 4 aromatic rings. The third-order valence-corrected chi connectivity index (χ3v) is 11.4. The summed E-state index contributed by atoms with van der Waals surface area (Å²) in [4.78, 5) is 171. The van der Waals surface area contributed by atoms with E-state index >= 15 is 0 Å². The van der Waals surface area contributed by atoms with E-state index in [2.05, 4.69) is 21.3 Å². The molecule has 1 spiro atoms. The van der Waals surface area contributed by atoms with Crippen LogP contribution in [0.25, 0.3) is 0 Å². The van der Waals surface area contributed by atoms with E-state index in [9.17, 15) is 47.9 Å². The van der Waals surface area contributed by atoms with E-state index in [1.807, 2.05) is 0 Å². The summed E-state index contributed by atoms with van der Waals surface area (Å²) in [5.41, 5.74) is -3.19. The van der Waals surface area contributed by atoms with E-state index in [-0.39, 0.29) is 87.4 Å².